The number of rotatable bonds is 5. The van der Waals surface area contributed by atoms with Crippen LogP contribution in [0.25, 0.3) is 5.76 Å². The van der Waals surface area contributed by atoms with Crippen molar-refractivity contribution in [1.82, 2.24) is 4.90 Å². The van der Waals surface area contributed by atoms with E-state index in [4.69, 9.17) is 4.74 Å². The number of benzene rings is 3. The first-order chi connectivity index (χ1) is 16.6. The lowest BCUT2D eigenvalue weighted by Crippen LogP contribution is -2.29. The van der Waals surface area contributed by atoms with Gasteiger partial charge in [0.2, 0.25) is 0 Å². The van der Waals surface area contributed by atoms with Gasteiger partial charge in [0.15, 0.2) is 0 Å². The molecule has 5 nitrogen and oxygen atoms in total. The number of carbonyl (C=O) groups excluding carboxylic acids is 2. The molecule has 5 heteroatoms. The van der Waals surface area contributed by atoms with E-state index in [9.17, 15) is 14.7 Å². The van der Waals surface area contributed by atoms with Gasteiger partial charge >= 0.3 is 0 Å². The third kappa shape index (κ3) is 3.87. The molecule has 0 spiro atoms. The van der Waals surface area contributed by atoms with E-state index in [1.54, 1.807) is 7.11 Å². The van der Waals surface area contributed by atoms with Crippen molar-refractivity contribution >= 4 is 17.4 Å². The molecule has 0 saturated carbocycles. The van der Waals surface area contributed by atoms with E-state index in [0.29, 0.717) is 11.3 Å². The highest BCUT2D eigenvalue weighted by atomic mass is 16.5. The van der Waals surface area contributed by atoms with Gasteiger partial charge in [0.25, 0.3) is 11.7 Å². The lowest BCUT2D eigenvalue weighted by Gasteiger charge is -2.26. The summed E-state index contributed by atoms with van der Waals surface area (Å²) in [5, 5.41) is 11.4. The first-order valence-electron chi connectivity index (χ1n) is 11.7. The van der Waals surface area contributed by atoms with Crippen LogP contribution in [0.4, 0.5) is 0 Å². The Bertz CT molecular complexity index is 1280. The molecule has 1 amide bonds. The maximum atomic E-state index is 13.3. The van der Waals surface area contributed by atoms with Gasteiger partial charge in [-0.1, -0.05) is 60.7 Å². The Kier molecular flexibility index (Phi) is 5.93. The van der Waals surface area contributed by atoms with E-state index in [2.05, 4.69) is 0 Å². The van der Waals surface area contributed by atoms with Crippen LogP contribution in [0.1, 0.15) is 46.7 Å². The number of aliphatic hydroxyl groups is 1. The summed E-state index contributed by atoms with van der Waals surface area (Å²) in [5.74, 6) is -0.771. The number of hydrogen-bond donors (Lipinski definition) is 1. The second-order valence-corrected chi connectivity index (χ2v) is 8.84. The minimum Gasteiger partial charge on any atom is -0.507 e. The Morgan fingerprint density at radius 2 is 1.65 bits per heavy atom. The molecular weight excluding hydrogens is 426 g/mol. The van der Waals surface area contributed by atoms with Crippen LogP contribution in [0.3, 0.4) is 0 Å². The highest BCUT2D eigenvalue weighted by molar-refractivity contribution is 6.46. The van der Waals surface area contributed by atoms with Crippen LogP contribution >= 0.6 is 0 Å². The summed E-state index contributed by atoms with van der Waals surface area (Å²) in [7, 11) is 1.58. The van der Waals surface area contributed by atoms with Gasteiger partial charge in [0.1, 0.15) is 11.5 Å². The number of ketones is 1. The second-order valence-electron chi connectivity index (χ2n) is 8.84. The standard InChI is InChI=1S/C29H27NO4/c1-34-24-14-8-7-13-23(24)18-30-26(20-10-3-2-4-11-20)25(28(32)29(30)33)27(31)22-16-15-19-9-5-6-12-21(19)17-22/h2-4,7-8,10-11,13-17,26,31H,5-6,9,12,18H2,1H3/b27-25-. The van der Waals surface area contributed by atoms with E-state index in [0.717, 1.165) is 30.4 Å². The Morgan fingerprint density at radius 3 is 2.41 bits per heavy atom. The van der Waals surface area contributed by atoms with Crippen molar-refractivity contribution in [3.8, 4) is 5.75 Å². The summed E-state index contributed by atoms with van der Waals surface area (Å²) in [6.45, 7) is 0.190. The third-order valence-electron chi connectivity index (χ3n) is 6.81. The molecule has 3 aromatic rings. The van der Waals surface area contributed by atoms with E-state index < -0.39 is 17.7 Å². The van der Waals surface area contributed by atoms with E-state index in [1.807, 2.05) is 72.8 Å². The highest BCUT2D eigenvalue weighted by Crippen LogP contribution is 2.41. The Balaban J connectivity index is 1.62. The summed E-state index contributed by atoms with van der Waals surface area (Å²) >= 11 is 0. The number of aryl methyl sites for hydroxylation is 2. The molecule has 1 aliphatic heterocycles. The Morgan fingerprint density at radius 1 is 0.941 bits per heavy atom. The summed E-state index contributed by atoms with van der Waals surface area (Å²) in [5.41, 5.74) is 4.77. The van der Waals surface area contributed by atoms with Crippen LogP contribution in [0.2, 0.25) is 0 Å². The third-order valence-corrected chi connectivity index (χ3v) is 6.81. The lowest BCUT2D eigenvalue weighted by atomic mass is 9.88. The van der Waals surface area contributed by atoms with Crippen molar-refractivity contribution in [2.24, 2.45) is 0 Å². The average molecular weight is 454 g/mol. The quantitative estimate of drug-likeness (QED) is 0.328. The first kappa shape index (κ1) is 22.0. The number of aliphatic hydroxyl groups excluding tert-OH is 1. The zero-order chi connectivity index (χ0) is 23.7. The smallest absolute Gasteiger partial charge is 0.295 e. The molecule has 0 aromatic heterocycles. The molecule has 3 aromatic carbocycles. The normalized spacial score (nSPS) is 19.2. The summed E-state index contributed by atoms with van der Waals surface area (Å²) in [6, 6.07) is 22.0. The molecule has 1 unspecified atom stereocenters. The van der Waals surface area contributed by atoms with Crippen LogP contribution in [-0.4, -0.2) is 28.8 Å². The maximum absolute atomic E-state index is 13.3. The van der Waals surface area contributed by atoms with Crippen LogP contribution in [0.15, 0.2) is 78.4 Å². The molecule has 0 radical (unpaired) electrons. The van der Waals surface area contributed by atoms with Gasteiger partial charge < -0.3 is 14.7 Å². The molecule has 2 aliphatic rings. The minimum absolute atomic E-state index is 0.122. The number of fused-ring (bicyclic) bond motifs is 1. The number of Topliss-reactive ketones (excluding diaryl/α,β-unsaturated/α-hetero) is 1. The number of carbonyl (C=O) groups is 2. The second kappa shape index (κ2) is 9.18. The summed E-state index contributed by atoms with van der Waals surface area (Å²) in [4.78, 5) is 28.1. The Hall–Kier alpha value is -3.86. The summed E-state index contributed by atoms with van der Waals surface area (Å²) in [6.07, 6.45) is 4.27. The molecule has 5 rings (SSSR count). The number of amides is 1. The minimum atomic E-state index is -0.692. The maximum Gasteiger partial charge on any atom is 0.295 e. The zero-order valence-corrected chi connectivity index (χ0v) is 19.2. The first-order valence-corrected chi connectivity index (χ1v) is 11.7. The number of hydrogen-bond acceptors (Lipinski definition) is 4. The van der Waals surface area contributed by atoms with Gasteiger partial charge in [-0.15, -0.1) is 0 Å². The number of likely N-dealkylation sites (tertiary alicyclic amines) is 1. The Labute approximate surface area is 199 Å². The largest absolute Gasteiger partial charge is 0.507 e. The fourth-order valence-corrected chi connectivity index (χ4v) is 5.08. The van der Waals surface area contributed by atoms with Crippen molar-refractivity contribution in [3.63, 3.8) is 0 Å². The molecule has 1 N–H and O–H groups in total. The predicted molar refractivity (Wildman–Crippen MR) is 130 cm³/mol. The number of ether oxygens (including phenoxy) is 1. The molecule has 172 valence electrons. The van der Waals surface area contributed by atoms with Crippen molar-refractivity contribution in [3.05, 3.63) is 106 Å². The summed E-state index contributed by atoms with van der Waals surface area (Å²) < 4.78 is 5.47. The van der Waals surface area contributed by atoms with Gasteiger partial charge in [-0.05, 0) is 54.5 Å². The topological polar surface area (TPSA) is 66.8 Å². The molecule has 34 heavy (non-hydrogen) atoms. The van der Waals surface area contributed by atoms with Crippen LogP contribution in [0, 0.1) is 0 Å². The van der Waals surface area contributed by atoms with Crippen LogP contribution in [-0.2, 0) is 29.0 Å². The molecule has 1 saturated heterocycles. The highest BCUT2D eigenvalue weighted by Gasteiger charge is 2.46. The molecule has 0 bridgehead atoms. The van der Waals surface area contributed by atoms with E-state index in [1.165, 1.54) is 22.4 Å². The molecule has 1 aliphatic carbocycles. The number of methoxy groups -OCH3 is 1. The molecular formula is C29H27NO4. The van der Waals surface area contributed by atoms with Crippen LogP contribution < -0.4 is 4.74 Å². The molecule has 1 fully saturated rings. The van der Waals surface area contributed by atoms with Gasteiger partial charge in [-0.3, -0.25) is 9.59 Å². The van der Waals surface area contributed by atoms with E-state index in [-0.39, 0.29) is 17.9 Å². The van der Waals surface area contributed by atoms with Gasteiger partial charge in [-0.25, -0.2) is 0 Å². The molecule has 1 atom stereocenters. The number of nitrogens with zero attached hydrogens (tertiary/aromatic N) is 1. The van der Waals surface area contributed by atoms with Crippen molar-refractivity contribution in [2.45, 2.75) is 38.3 Å². The molecule has 1 heterocycles. The van der Waals surface area contributed by atoms with Crippen LogP contribution in [0.5, 0.6) is 5.75 Å². The lowest BCUT2D eigenvalue weighted by molar-refractivity contribution is -0.140. The van der Waals surface area contributed by atoms with Gasteiger partial charge in [0, 0.05) is 11.1 Å². The fraction of sp³-hybridized carbons (Fsp3) is 0.241. The van der Waals surface area contributed by atoms with E-state index >= 15 is 0 Å². The monoisotopic (exact) mass is 453 g/mol. The van der Waals surface area contributed by atoms with Crippen molar-refractivity contribution < 1.29 is 19.4 Å². The van der Waals surface area contributed by atoms with Gasteiger partial charge in [0.05, 0.1) is 25.3 Å². The van der Waals surface area contributed by atoms with Crippen molar-refractivity contribution in [1.29, 1.82) is 0 Å². The average Bonchev–Trinajstić information content (AvgIpc) is 3.13. The van der Waals surface area contributed by atoms with Crippen molar-refractivity contribution in [2.75, 3.05) is 7.11 Å². The predicted octanol–water partition coefficient (Wildman–Crippen LogP) is 5.20. The zero-order valence-electron chi connectivity index (χ0n) is 19.2. The SMILES string of the molecule is COc1ccccc1CN1C(=O)C(=O)/C(=C(\O)c2ccc3c(c2)CCCC3)C1c1ccccc1. The van der Waals surface area contributed by atoms with Gasteiger partial charge in [-0.2, -0.15) is 0 Å². The number of para-hydroxylation sites is 1. The fourth-order valence-electron chi connectivity index (χ4n) is 5.08.